The van der Waals surface area contributed by atoms with Gasteiger partial charge in [-0.25, -0.2) is 4.79 Å². The lowest BCUT2D eigenvalue weighted by atomic mass is 10.2. The van der Waals surface area contributed by atoms with Gasteiger partial charge in [0.05, 0.1) is 17.4 Å². The number of pyridine rings is 1. The molecule has 1 saturated carbocycles. The lowest BCUT2D eigenvalue weighted by Gasteiger charge is -2.20. The molecule has 3 rings (SSSR count). The Morgan fingerprint density at radius 2 is 2.10 bits per heavy atom. The normalized spacial score (nSPS) is 13.9. The number of urea groups is 1. The minimum absolute atomic E-state index is 0.0366. The fourth-order valence-electron chi connectivity index (χ4n) is 2.23. The third-order valence-electron chi connectivity index (χ3n) is 3.40. The number of amides is 2. The molecule has 1 aliphatic carbocycles. The monoisotopic (exact) mass is 285 g/mol. The van der Waals surface area contributed by atoms with Crippen LogP contribution in [-0.2, 0) is 4.79 Å². The average molecular weight is 285 g/mol. The second-order valence-corrected chi connectivity index (χ2v) is 5.10. The summed E-state index contributed by atoms with van der Waals surface area (Å²) in [4.78, 5) is 28.7. The van der Waals surface area contributed by atoms with Gasteiger partial charge in [-0.1, -0.05) is 18.2 Å². The number of aromatic nitrogens is 1. The van der Waals surface area contributed by atoms with Crippen molar-refractivity contribution in [2.24, 2.45) is 0 Å². The van der Waals surface area contributed by atoms with Crippen LogP contribution in [0.1, 0.15) is 12.8 Å². The Labute approximate surface area is 121 Å². The number of carbonyl (C=O) groups is 2. The first-order valence-electron chi connectivity index (χ1n) is 6.78. The van der Waals surface area contributed by atoms with Gasteiger partial charge in [0.25, 0.3) is 0 Å². The van der Waals surface area contributed by atoms with Crippen LogP contribution >= 0.6 is 0 Å². The number of carbonyl (C=O) groups excluding carboxylic acids is 1. The van der Waals surface area contributed by atoms with E-state index < -0.39 is 12.0 Å². The summed E-state index contributed by atoms with van der Waals surface area (Å²) in [6.45, 7) is -0.280. The zero-order valence-corrected chi connectivity index (χ0v) is 11.3. The van der Waals surface area contributed by atoms with Gasteiger partial charge in [0.1, 0.15) is 6.54 Å². The number of para-hydroxylation sites is 1. The van der Waals surface area contributed by atoms with Gasteiger partial charge in [0, 0.05) is 11.4 Å². The molecule has 0 aliphatic heterocycles. The van der Waals surface area contributed by atoms with Gasteiger partial charge in [-0.05, 0) is 25.0 Å². The Kier molecular flexibility index (Phi) is 3.43. The first-order chi connectivity index (χ1) is 10.1. The molecule has 1 aromatic carbocycles. The van der Waals surface area contributed by atoms with E-state index in [4.69, 9.17) is 5.11 Å². The molecule has 0 unspecified atom stereocenters. The fraction of sp³-hybridized carbons (Fsp3) is 0.267. The van der Waals surface area contributed by atoms with Crippen molar-refractivity contribution in [2.45, 2.75) is 18.9 Å². The third kappa shape index (κ3) is 3.10. The molecule has 0 radical (unpaired) electrons. The van der Waals surface area contributed by atoms with Crippen LogP contribution < -0.4 is 5.32 Å². The summed E-state index contributed by atoms with van der Waals surface area (Å²) in [5.74, 6) is -1.01. The predicted molar refractivity (Wildman–Crippen MR) is 78.1 cm³/mol. The second kappa shape index (κ2) is 5.40. The highest BCUT2D eigenvalue weighted by molar-refractivity contribution is 5.93. The van der Waals surface area contributed by atoms with Crippen LogP contribution in [0.4, 0.5) is 10.5 Å². The highest BCUT2D eigenvalue weighted by Gasteiger charge is 2.33. The molecular formula is C15H15N3O3. The van der Waals surface area contributed by atoms with Crippen molar-refractivity contribution in [3.05, 3.63) is 36.5 Å². The van der Waals surface area contributed by atoms with Gasteiger partial charge >= 0.3 is 12.0 Å². The topological polar surface area (TPSA) is 82.5 Å². The first kappa shape index (κ1) is 13.4. The molecule has 0 saturated heterocycles. The molecule has 2 aromatic rings. The summed E-state index contributed by atoms with van der Waals surface area (Å²) in [7, 11) is 0. The number of carboxylic acid groups (broad SMARTS) is 1. The molecular weight excluding hydrogens is 270 g/mol. The van der Waals surface area contributed by atoms with Crippen LogP contribution in [0.2, 0.25) is 0 Å². The van der Waals surface area contributed by atoms with E-state index in [2.05, 4.69) is 10.3 Å². The number of aliphatic carboxylic acids is 1. The quantitative estimate of drug-likeness (QED) is 0.903. The molecule has 2 amide bonds. The summed E-state index contributed by atoms with van der Waals surface area (Å²) in [6, 6.07) is 9.07. The maximum atomic E-state index is 12.2. The molecule has 1 fully saturated rings. The molecule has 21 heavy (non-hydrogen) atoms. The second-order valence-electron chi connectivity index (χ2n) is 5.10. The maximum absolute atomic E-state index is 12.2. The Balaban J connectivity index is 1.76. The van der Waals surface area contributed by atoms with E-state index in [0.717, 1.165) is 23.7 Å². The minimum atomic E-state index is -1.01. The van der Waals surface area contributed by atoms with Crippen molar-refractivity contribution in [3.63, 3.8) is 0 Å². The third-order valence-corrected chi connectivity index (χ3v) is 3.40. The Morgan fingerprint density at radius 1 is 1.33 bits per heavy atom. The number of fused-ring (bicyclic) bond motifs is 1. The lowest BCUT2D eigenvalue weighted by molar-refractivity contribution is -0.137. The average Bonchev–Trinajstić information content (AvgIpc) is 3.29. The summed E-state index contributed by atoms with van der Waals surface area (Å²) >= 11 is 0. The predicted octanol–water partition coefficient (Wildman–Crippen LogP) is 2.32. The number of nitrogens with one attached hydrogen (secondary N) is 1. The molecule has 0 spiro atoms. The SMILES string of the molecule is O=C(O)CN(C(=O)Nc1cnc2ccccc2c1)C1CC1. The van der Waals surface area contributed by atoms with Crippen molar-refractivity contribution in [2.75, 3.05) is 11.9 Å². The molecule has 0 atom stereocenters. The van der Waals surface area contributed by atoms with E-state index in [1.807, 2.05) is 30.3 Å². The van der Waals surface area contributed by atoms with Gasteiger partial charge in [-0.3, -0.25) is 9.78 Å². The van der Waals surface area contributed by atoms with E-state index in [9.17, 15) is 9.59 Å². The smallest absolute Gasteiger partial charge is 0.323 e. The molecule has 1 aromatic heterocycles. The van der Waals surface area contributed by atoms with Gasteiger partial charge in [0.2, 0.25) is 0 Å². The molecule has 108 valence electrons. The van der Waals surface area contributed by atoms with Gasteiger partial charge in [-0.2, -0.15) is 0 Å². The van der Waals surface area contributed by atoms with Crippen LogP contribution in [0.5, 0.6) is 0 Å². The highest BCUT2D eigenvalue weighted by Crippen LogP contribution is 2.27. The maximum Gasteiger partial charge on any atom is 0.323 e. The molecule has 6 heteroatoms. The number of hydrogen-bond donors (Lipinski definition) is 2. The fourth-order valence-corrected chi connectivity index (χ4v) is 2.23. The Morgan fingerprint density at radius 3 is 2.81 bits per heavy atom. The van der Waals surface area contributed by atoms with E-state index >= 15 is 0 Å². The number of anilines is 1. The Hall–Kier alpha value is -2.63. The van der Waals surface area contributed by atoms with E-state index in [-0.39, 0.29) is 12.6 Å². The molecule has 2 N–H and O–H groups in total. The molecule has 1 aliphatic rings. The molecule has 0 bridgehead atoms. The summed E-state index contributed by atoms with van der Waals surface area (Å²) in [5.41, 5.74) is 1.41. The number of benzene rings is 1. The standard InChI is InChI=1S/C15H15N3O3/c19-14(20)9-18(12-5-6-12)15(21)17-11-7-10-3-1-2-4-13(10)16-8-11/h1-4,7-8,12H,5-6,9H2,(H,17,21)(H,19,20). The largest absolute Gasteiger partial charge is 0.480 e. The van der Waals surface area contributed by atoms with Crippen LogP contribution in [0.25, 0.3) is 10.9 Å². The van der Waals surface area contributed by atoms with Crippen molar-refractivity contribution in [1.29, 1.82) is 0 Å². The number of carboxylic acids is 1. The Bertz CT molecular complexity index is 697. The van der Waals surface area contributed by atoms with Crippen LogP contribution in [0, 0.1) is 0 Å². The summed E-state index contributed by atoms with van der Waals surface area (Å²) < 4.78 is 0. The van der Waals surface area contributed by atoms with Crippen molar-refractivity contribution < 1.29 is 14.7 Å². The highest BCUT2D eigenvalue weighted by atomic mass is 16.4. The zero-order chi connectivity index (χ0) is 14.8. The summed E-state index contributed by atoms with van der Waals surface area (Å²) in [5, 5.41) is 12.5. The van der Waals surface area contributed by atoms with E-state index in [0.29, 0.717) is 5.69 Å². The van der Waals surface area contributed by atoms with Crippen LogP contribution in [-0.4, -0.2) is 39.6 Å². The van der Waals surface area contributed by atoms with Crippen molar-refractivity contribution >= 4 is 28.6 Å². The van der Waals surface area contributed by atoms with Crippen LogP contribution in [0.15, 0.2) is 36.5 Å². The van der Waals surface area contributed by atoms with Crippen molar-refractivity contribution in [1.82, 2.24) is 9.88 Å². The van der Waals surface area contributed by atoms with E-state index in [1.165, 1.54) is 4.90 Å². The number of nitrogens with zero attached hydrogens (tertiary/aromatic N) is 2. The van der Waals surface area contributed by atoms with Crippen molar-refractivity contribution in [3.8, 4) is 0 Å². The van der Waals surface area contributed by atoms with Gasteiger partial charge < -0.3 is 15.3 Å². The molecule has 6 nitrogen and oxygen atoms in total. The summed E-state index contributed by atoms with van der Waals surface area (Å²) in [6.07, 6.45) is 3.29. The van der Waals surface area contributed by atoms with E-state index in [1.54, 1.807) is 6.20 Å². The first-order valence-corrected chi connectivity index (χ1v) is 6.78. The minimum Gasteiger partial charge on any atom is -0.480 e. The zero-order valence-electron chi connectivity index (χ0n) is 11.3. The molecule has 1 heterocycles. The van der Waals surface area contributed by atoms with Gasteiger partial charge in [-0.15, -0.1) is 0 Å². The van der Waals surface area contributed by atoms with Gasteiger partial charge in [0.15, 0.2) is 0 Å². The number of hydrogen-bond acceptors (Lipinski definition) is 3. The lowest BCUT2D eigenvalue weighted by Crippen LogP contribution is -2.40. The number of rotatable bonds is 4. The van der Waals surface area contributed by atoms with Crippen LogP contribution in [0.3, 0.4) is 0 Å².